The number of aryl methyl sites for hydroxylation is 1. The van der Waals surface area contributed by atoms with E-state index < -0.39 is 41.1 Å². The Balaban J connectivity index is 3.62. The first-order valence-electron chi connectivity index (χ1n) is 13.1. The van der Waals surface area contributed by atoms with Gasteiger partial charge in [-0.15, -0.1) is 0 Å². The molecule has 0 spiro atoms. The minimum absolute atomic E-state index is 0.0261. The van der Waals surface area contributed by atoms with E-state index in [0.29, 0.717) is 18.5 Å². The van der Waals surface area contributed by atoms with Crippen LogP contribution in [0.25, 0.3) is 0 Å². The number of unbranched alkanes of at least 4 members (excludes halogenated alkanes) is 1. The summed E-state index contributed by atoms with van der Waals surface area (Å²) in [5.41, 5.74) is 5.37. The highest BCUT2D eigenvalue weighted by atomic mass is 16.6. The summed E-state index contributed by atoms with van der Waals surface area (Å²) >= 11 is 0. The van der Waals surface area contributed by atoms with E-state index >= 15 is 0 Å². The highest BCUT2D eigenvalue weighted by Crippen LogP contribution is 2.34. The molecule has 0 saturated carbocycles. The summed E-state index contributed by atoms with van der Waals surface area (Å²) in [5.74, 6) is -1.39. The Bertz CT molecular complexity index is 939. The van der Waals surface area contributed by atoms with Crippen LogP contribution in [0.5, 0.6) is 0 Å². The molecule has 0 fully saturated rings. The Kier molecular flexibility index (Phi) is 12.1. The van der Waals surface area contributed by atoms with Crippen LogP contribution in [0.15, 0.2) is 24.3 Å². The van der Waals surface area contributed by atoms with Crippen LogP contribution in [-0.4, -0.2) is 52.4 Å². The van der Waals surface area contributed by atoms with E-state index in [0.717, 1.165) is 18.4 Å². The van der Waals surface area contributed by atoms with Gasteiger partial charge in [-0.05, 0) is 71.9 Å². The fourth-order valence-electron chi connectivity index (χ4n) is 3.88. The van der Waals surface area contributed by atoms with Crippen LogP contribution in [-0.2, 0) is 19.1 Å². The van der Waals surface area contributed by atoms with Gasteiger partial charge < -0.3 is 26.0 Å². The van der Waals surface area contributed by atoms with Crippen LogP contribution >= 0.6 is 0 Å². The number of ether oxygens (including phenoxy) is 1. The molecule has 1 aromatic rings. The number of hydrogen-bond acceptors (Lipinski definition) is 5. The molecule has 4 N–H and O–H groups in total. The Labute approximate surface area is 221 Å². The minimum Gasteiger partial charge on any atom is -0.444 e. The van der Waals surface area contributed by atoms with E-state index in [-0.39, 0.29) is 18.7 Å². The third kappa shape index (κ3) is 10.1. The van der Waals surface area contributed by atoms with Gasteiger partial charge in [0.2, 0.25) is 17.7 Å². The summed E-state index contributed by atoms with van der Waals surface area (Å²) in [7, 11) is 0. The monoisotopic (exact) mass is 518 g/mol. The van der Waals surface area contributed by atoms with Crippen molar-refractivity contribution in [2.45, 2.75) is 111 Å². The lowest BCUT2D eigenvalue weighted by Crippen LogP contribution is -2.59. The van der Waals surface area contributed by atoms with Crippen molar-refractivity contribution >= 4 is 23.8 Å². The molecule has 1 aromatic carbocycles. The molecule has 9 heteroatoms. The molecule has 0 aliphatic rings. The number of nitrogens with two attached hydrogens (primary N) is 1. The van der Waals surface area contributed by atoms with Gasteiger partial charge in [0.25, 0.3) is 0 Å². The lowest BCUT2D eigenvalue weighted by atomic mass is 9.90. The third-order valence-corrected chi connectivity index (χ3v) is 6.24. The number of carbonyl (C=O) groups is 4. The van der Waals surface area contributed by atoms with Gasteiger partial charge in [-0.2, -0.15) is 0 Å². The molecule has 0 aliphatic heterocycles. The summed E-state index contributed by atoms with van der Waals surface area (Å²) < 4.78 is 5.38. The SMILES string of the molecule is CCCCNC(=O)C(c1ccccc1C)N(C(=O)C(CCC(N)=O)NC(=O)OC(C)(C)C)C(C)(C)CC. The molecule has 0 bridgehead atoms. The van der Waals surface area contributed by atoms with Crippen molar-refractivity contribution in [1.82, 2.24) is 15.5 Å². The predicted octanol–water partition coefficient (Wildman–Crippen LogP) is 4.13. The number of alkyl carbamates (subject to hydrolysis) is 1. The van der Waals surface area contributed by atoms with Gasteiger partial charge in [0, 0.05) is 18.5 Å². The van der Waals surface area contributed by atoms with Crippen molar-refractivity contribution in [1.29, 1.82) is 0 Å². The maximum atomic E-state index is 14.2. The fraction of sp³-hybridized carbons (Fsp3) is 0.643. The second-order valence-corrected chi connectivity index (χ2v) is 11.0. The normalized spacial score (nSPS) is 13.3. The molecule has 9 nitrogen and oxygen atoms in total. The van der Waals surface area contributed by atoms with Crippen LogP contribution in [0.3, 0.4) is 0 Å². The van der Waals surface area contributed by atoms with Crippen LogP contribution in [0.1, 0.15) is 97.7 Å². The second-order valence-electron chi connectivity index (χ2n) is 11.0. The Hall–Kier alpha value is -3.10. The van der Waals surface area contributed by atoms with E-state index in [4.69, 9.17) is 10.5 Å². The minimum atomic E-state index is -1.12. The number of benzene rings is 1. The molecular formula is C28H46N4O5. The first-order valence-corrected chi connectivity index (χ1v) is 13.1. The van der Waals surface area contributed by atoms with Gasteiger partial charge in [-0.3, -0.25) is 14.4 Å². The van der Waals surface area contributed by atoms with E-state index in [2.05, 4.69) is 10.6 Å². The van der Waals surface area contributed by atoms with Gasteiger partial charge in [-0.1, -0.05) is 44.5 Å². The van der Waals surface area contributed by atoms with Gasteiger partial charge in [0.15, 0.2) is 0 Å². The number of nitrogens with one attached hydrogen (secondary N) is 2. The third-order valence-electron chi connectivity index (χ3n) is 6.24. The number of hydrogen-bond donors (Lipinski definition) is 3. The van der Waals surface area contributed by atoms with Gasteiger partial charge >= 0.3 is 6.09 Å². The van der Waals surface area contributed by atoms with E-state index in [1.807, 2.05) is 58.9 Å². The standard InChI is InChI=1S/C28H46N4O5/c1-9-11-18-30-24(34)23(20-15-13-12-14-19(20)3)32(28(7,8)10-2)25(35)21(16-17-22(29)33)31-26(36)37-27(4,5)6/h12-15,21,23H,9-11,16-18H2,1-8H3,(H2,29,33)(H,30,34)(H,31,36). The van der Waals surface area contributed by atoms with Gasteiger partial charge in [0.05, 0.1) is 0 Å². The maximum Gasteiger partial charge on any atom is 0.408 e. The molecule has 2 unspecified atom stereocenters. The lowest BCUT2D eigenvalue weighted by Gasteiger charge is -2.45. The average molecular weight is 519 g/mol. The highest BCUT2D eigenvalue weighted by Gasteiger charge is 2.43. The summed E-state index contributed by atoms with van der Waals surface area (Å²) in [6, 6.07) is 5.37. The predicted molar refractivity (Wildman–Crippen MR) is 145 cm³/mol. The Morgan fingerprint density at radius 2 is 1.68 bits per heavy atom. The largest absolute Gasteiger partial charge is 0.444 e. The van der Waals surface area contributed by atoms with Crippen LogP contribution < -0.4 is 16.4 Å². The van der Waals surface area contributed by atoms with Gasteiger partial charge in [-0.25, -0.2) is 4.79 Å². The molecule has 0 aromatic heterocycles. The maximum absolute atomic E-state index is 14.2. The molecule has 2 atom stereocenters. The zero-order valence-corrected chi connectivity index (χ0v) is 23.8. The quantitative estimate of drug-likeness (QED) is 0.338. The molecular weight excluding hydrogens is 472 g/mol. The number of carbonyl (C=O) groups excluding carboxylic acids is 4. The van der Waals surface area contributed by atoms with E-state index in [9.17, 15) is 19.2 Å². The summed E-state index contributed by atoms with van der Waals surface area (Å²) in [5, 5.41) is 5.61. The van der Waals surface area contributed by atoms with E-state index in [1.54, 1.807) is 25.7 Å². The molecule has 37 heavy (non-hydrogen) atoms. The van der Waals surface area contributed by atoms with Crippen LogP contribution in [0.4, 0.5) is 4.79 Å². The van der Waals surface area contributed by atoms with E-state index in [1.165, 1.54) is 0 Å². The topological polar surface area (TPSA) is 131 Å². The first-order chi connectivity index (χ1) is 17.1. The highest BCUT2D eigenvalue weighted by molar-refractivity contribution is 5.93. The molecule has 0 aliphatic carbocycles. The molecule has 0 radical (unpaired) electrons. The molecule has 4 amide bonds. The Morgan fingerprint density at radius 1 is 1.05 bits per heavy atom. The number of amides is 4. The number of nitrogens with zero attached hydrogens (tertiary/aromatic N) is 1. The lowest BCUT2D eigenvalue weighted by molar-refractivity contribution is -0.149. The van der Waals surface area contributed by atoms with Crippen LogP contribution in [0, 0.1) is 6.92 Å². The number of primary amides is 1. The summed E-state index contributed by atoms with van der Waals surface area (Å²) in [4.78, 5) is 53.7. The van der Waals surface area contributed by atoms with Crippen molar-refractivity contribution < 1.29 is 23.9 Å². The molecule has 1 rings (SSSR count). The smallest absolute Gasteiger partial charge is 0.408 e. The first kappa shape index (κ1) is 31.9. The van der Waals surface area contributed by atoms with Crippen LogP contribution in [0.2, 0.25) is 0 Å². The molecule has 0 saturated heterocycles. The average Bonchev–Trinajstić information content (AvgIpc) is 2.79. The molecule has 0 heterocycles. The van der Waals surface area contributed by atoms with Crippen molar-refractivity contribution in [2.24, 2.45) is 5.73 Å². The van der Waals surface area contributed by atoms with Crippen molar-refractivity contribution in [3.05, 3.63) is 35.4 Å². The fourth-order valence-corrected chi connectivity index (χ4v) is 3.88. The number of rotatable bonds is 13. The summed E-state index contributed by atoms with van der Waals surface area (Å²) in [6.07, 6.45) is 1.32. The zero-order chi connectivity index (χ0) is 28.4. The molecule has 208 valence electrons. The summed E-state index contributed by atoms with van der Waals surface area (Å²) in [6.45, 7) is 15.3. The Morgan fingerprint density at radius 3 is 2.19 bits per heavy atom. The second kappa shape index (κ2) is 14.0. The van der Waals surface area contributed by atoms with Crippen molar-refractivity contribution in [2.75, 3.05) is 6.54 Å². The van der Waals surface area contributed by atoms with Crippen molar-refractivity contribution in [3.63, 3.8) is 0 Å². The van der Waals surface area contributed by atoms with Gasteiger partial charge in [0.1, 0.15) is 17.7 Å². The zero-order valence-electron chi connectivity index (χ0n) is 23.8. The van der Waals surface area contributed by atoms with Crippen molar-refractivity contribution in [3.8, 4) is 0 Å².